The maximum absolute atomic E-state index is 10.4. The van der Waals surface area contributed by atoms with E-state index < -0.39 is 0 Å². The smallest absolute Gasteiger partial charge is 0.218 e. The van der Waals surface area contributed by atoms with Crippen molar-refractivity contribution in [2.24, 2.45) is 17.0 Å². The van der Waals surface area contributed by atoms with Crippen molar-refractivity contribution in [3.8, 4) is 5.88 Å². The third kappa shape index (κ3) is 2.28. The van der Waals surface area contributed by atoms with E-state index in [1.165, 1.54) is 6.34 Å². The highest BCUT2D eigenvalue weighted by atomic mass is 32.1. The number of aromatic hydroxyl groups is 1. The first-order valence-corrected chi connectivity index (χ1v) is 6.67. The molecule has 1 N–H and O–H groups in total. The van der Waals surface area contributed by atoms with Crippen LogP contribution in [0.25, 0.3) is 6.08 Å². The highest BCUT2D eigenvalue weighted by Crippen LogP contribution is 2.28. The van der Waals surface area contributed by atoms with Gasteiger partial charge >= 0.3 is 0 Å². The molecular weight excluding hydrogens is 260 g/mol. The van der Waals surface area contributed by atoms with E-state index in [1.807, 2.05) is 27.0 Å². The Morgan fingerprint density at radius 3 is 2.74 bits per heavy atom. The first-order valence-electron chi connectivity index (χ1n) is 6.26. The van der Waals surface area contributed by atoms with E-state index in [0.29, 0.717) is 10.5 Å². The number of rotatable bonds is 3. The van der Waals surface area contributed by atoms with E-state index in [9.17, 15) is 5.11 Å². The molecule has 0 unspecified atom stereocenters. The quantitative estimate of drug-likeness (QED) is 0.864. The molecule has 0 radical (unpaired) electrons. The number of nitrogens with zero attached hydrogens (tertiary/aromatic N) is 4. The lowest BCUT2D eigenvalue weighted by Crippen LogP contribution is -2.04. The fourth-order valence-electron chi connectivity index (χ4n) is 1.98. The Hall–Kier alpha value is -1.69. The molecule has 0 spiro atoms. The summed E-state index contributed by atoms with van der Waals surface area (Å²) in [6.07, 6.45) is 4.23. The van der Waals surface area contributed by atoms with Gasteiger partial charge in [0, 0.05) is 13.1 Å². The van der Waals surface area contributed by atoms with Gasteiger partial charge in [-0.2, -0.15) is 0 Å². The second-order valence-corrected chi connectivity index (χ2v) is 5.03. The molecule has 0 bridgehead atoms. The van der Waals surface area contributed by atoms with Crippen LogP contribution in [0.1, 0.15) is 38.9 Å². The number of imidazole rings is 1. The van der Waals surface area contributed by atoms with Crippen molar-refractivity contribution < 1.29 is 5.11 Å². The minimum Gasteiger partial charge on any atom is -0.493 e. The van der Waals surface area contributed by atoms with Gasteiger partial charge in [-0.3, -0.25) is 4.57 Å². The molecule has 0 saturated heterocycles. The highest BCUT2D eigenvalue weighted by Gasteiger charge is 2.18. The van der Waals surface area contributed by atoms with Gasteiger partial charge in [0.1, 0.15) is 12.0 Å². The van der Waals surface area contributed by atoms with Gasteiger partial charge in [0.05, 0.1) is 11.4 Å². The zero-order valence-corrected chi connectivity index (χ0v) is 12.4. The van der Waals surface area contributed by atoms with E-state index in [4.69, 9.17) is 12.2 Å². The standard InChI is InChI=1S/C13H18N4OS/c1-5-8(2)17-12(18)11(16(4)13(17)19)6-10-9(3)14-7-15-10/h6-8,18H,5H2,1-4H3/t8-/m1/s1. The molecule has 102 valence electrons. The van der Waals surface area contributed by atoms with Crippen LogP contribution in [0, 0.1) is 4.77 Å². The molecule has 5 nitrogen and oxygen atoms in total. The molecule has 0 saturated carbocycles. The first-order chi connectivity index (χ1) is 8.97. The molecule has 6 heteroatoms. The Balaban J connectivity index is 2.58. The summed E-state index contributed by atoms with van der Waals surface area (Å²) in [5.74, 6) is 0.184. The average Bonchev–Trinajstić information content (AvgIpc) is 2.87. The minimum absolute atomic E-state index is 0.160. The Kier molecular flexibility index (Phi) is 3.71. The van der Waals surface area contributed by atoms with Gasteiger partial charge in [-0.05, 0) is 38.6 Å². The van der Waals surface area contributed by atoms with Crippen LogP contribution in [0.4, 0.5) is 0 Å². The Labute approximate surface area is 117 Å². The van der Waals surface area contributed by atoms with Gasteiger partial charge in [0.25, 0.3) is 0 Å². The lowest BCUT2D eigenvalue weighted by Gasteiger charge is -2.11. The monoisotopic (exact) mass is 278 g/mol. The molecule has 1 aliphatic heterocycles. The average molecular weight is 278 g/mol. The van der Waals surface area contributed by atoms with Crippen molar-refractivity contribution in [3.05, 3.63) is 16.2 Å². The number of hydrogen-bond donors (Lipinski definition) is 1. The molecule has 1 aromatic heterocycles. The SMILES string of the molecule is CC[C@@H](C)n1c(O)c(C=C2N=CN=C2C)n(C)c1=S. The Bertz CT molecular complexity index is 648. The first kappa shape index (κ1) is 13.7. The van der Waals surface area contributed by atoms with Crippen molar-refractivity contribution in [1.29, 1.82) is 0 Å². The maximum atomic E-state index is 10.4. The summed E-state index contributed by atoms with van der Waals surface area (Å²) in [5, 5.41) is 10.4. The lowest BCUT2D eigenvalue weighted by molar-refractivity contribution is 0.383. The maximum Gasteiger partial charge on any atom is 0.218 e. The Morgan fingerprint density at radius 2 is 2.21 bits per heavy atom. The summed E-state index contributed by atoms with van der Waals surface area (Å²) < 4.78 is 4.17. The van der Waals surface area contributed by atoms with Crippen LogP contribution in [-0.4, -0.2) is 26.3 Å². The molecule has 0 amide bonds. The number of hydrogen-bond acceptors (Lipinski definition) is 4. The van der Waals surface area contributed by atoms with Gasteiger partial charge in [-0.15, -0.1) is 0 Å². The van der Waals surface area contributed by atoms with E-state index in [1.54, 1.807) is 9.13 Å². The zero-order chi connectivity index (χ0) is 14.2. The van der Waals surface area contributed by atoms with Crippen molar-refractivity contribution >= 4 is 30.3 Å². The fraction of sp³-hybridized carbons (Fsp3) is 0.462. The van der Waals surface area contributed by atoms with E-state index in [-0.39, 0.29) is 11.9 Å². The fourth-order valence-corrected chi connectivity index (χ4v) is 2.34. The molecular formula is C13H18N4OS. The second-order valence-electron chi connectivity index (χ2n) is 4.67. The van der Waals surface area contributed by atoms with Crippen molar-refractivity contribution in [2.45, 2.75) is 33.2 Å². The number of allylic oxidation sites excluding steroid dienone is 1. The summed E-state index contributed by atoms with van der Waals surface area (Å²) in [6, 6.07) is 0.160. The summed E-state index contributed by atoms with van der Waals surface area (Å²) in [4.78, 5) is 8.25. The van der Waals surface area contributed by atoms with E-state index in [0.717, 1.165) is 17.8 Å². The molecule has 1 atom stereocenters. The van der Waals surface area contributed by atoms with Crippen LogP contribution in [0.15, 0.2) is 15.7 Å². The molecule has 0 aliphatic carbocycles. The molecule has 19 heavy (non-hydrogen) atoms. The van der Waals surface area contributed by atoms with Gasteiger partial charge in [-0.25, -0.2) is 9.98 Å². The topological polar surface area (TPSA) is 54.8 Å². The van der Waals surface area contributed by atoms with Crippen molar-refractivity contribution in [1.82, 2.24) is 9.13 Å². The predicted octanol–water partition coefficient (Wildman–Crippen LogP) is 3.08. The van der Waals surface area contributed by atoms with Gasteiger partial charge in [0.15, 0.2) is 4.77 Å². The van der Waals surface area contributed by atoms with Crippen LogP contribution in [0.5, 0.6) is 5.88 Å². The third-order valence-electron chi connectivity index (χ3n) is 3.44. The molecule has 1 aliphatic rings. The number of aromatic nitrogens is 2. The van der Waals surface area contributed by atoms with Gasteiger partial charge < -0.3 is 9.67 Å². The zero-order valence-electron chi connectivity index (χ0n) is 11.6. The molecule has 0 aromatic carbocycles. The van der Waals surface area contributed by atoms with Crippen LogP contribution >= 0.6 is 12.2 Å². The van der Waals surface area contributed by atoms with E-state index in [2.05, 4.69) is 16.9 Å². The number of aliphatic imine (C=N–C) groups is 2. The normalized spacial score (nSPS) is 18.1. The highest BCUT2D eigenvalue weighted by molar-refractivity contribution is 7.71. The van der Waals surface area contributed by atoms with Crippen LogP contribution in [-0.2, 0) is 7.05 Å². The Morgan fingerprint density at radius 1 is 1.53 bits per heavy atom. The predicted molar refractivity (Wildman–Crippen MR) is 80.5 cm³/mol. The molecule has 1 aromatic rings. The molecule has 0 fully saturated rings. The summed E-state index contributed by atoms with van der Waals surface area (Å²) in [5.41, 5.74) is 2.25. The van der Waals surface area contributed by atoms with Gasteiger partial charge in [0.2, 0.25) is 5.88 Å². The van der Waals surface area contributed by atoms with Crippen molar-refractivity contribution in [2.75, 3.05) is 0 Å². The lowest BCUT2D eigenvalue weighted by atomic mass is 10.2. The summed E-state index contributed by atoms with van der Waals surface area (Å²) in [6.45, 7) is 5.98. The van der Waals surface area contributed by atoms with Crippen molar-refractivity contribution in [3.63, 3.8) is 0 Å². The van der Waals surface area contributed by atoms with Gasteiger partial charge in [-0.1, -0.05) is 6.92 Å². The largest absolute Gasteiger partial charge is 0.493 e. The molecule has 2 heterocycles. The second kappa shape index (κ2) is 5.13. The molecule has 2 rings (SSSR count). The third-order valence-corrected chi connectivity index (χ3v) is 3.91. The summed E-state index contributed by atoms with van der Waals surface area (Å²) in [7, 11) is 1.85. The van der Waals surface area contributed by atoms with Crippen LogP contribution < -0.4 is 0 Å². The van der Waals surface area contributed by atoms with E-state index >= 15 is 0 Å². The van der Waals surface area contributed by atoms with Crippen LogP contribution in [0.2, 0.25) is 0 Å². The van der Waals surface area contributed by atoms with Crippen LogP contribution in [0.3, 0.4) is 0 Å². The summed E-state index contributed by atoms with van der Waals surface area (Å²) >= 11 is 5.38. The minimum atomic E-state index is 0.160.